The second kappa shape index (κ2) is 7.90. The molecule has 0 bridgehead atoms. The van der Waals surface area contributed by atoms with Gasteiger partial charge in [0.2, 0.25) is 0 Å². The van der Waals surface area contributed by atoms with Gasteiger partial charge in [-0.1, -0.05) is 13.0 Å². The Morgan fingerprint density at radius 1 is 1.35 bits per heavy atom. The highest BCUT2D eigenvalue weighted by molar-refractivity contribution is 7.86. The molecule has 2 fully saturated rings. The Kier molecular flexibility index (Phi) is 6.39. The fourth-order valence-electron chi connectivity index (χ4n) is 3.32. The molecule has 0 radical (unpaired) electrons. The van der Waals surface area contributed by atoms with E-state index < -0.39 is 10.2 Å². The molecule has 6 nitrogen and oxygen atoms in total. The van der Waals surface area contributed by atoms with Gasteiger partial charge in [0.15, 0.2) is 0 Å². The largest absolute Gasteiger partial charge is 0.313 e. The minimum absolute atomic E-state index is 0. The third-order valence-electron chi connectivity index (χ3n) is 4.51. The zero-order valence-corrected chi connectivity index (χ0v) is 15.0. The second-order valence-electron chi connectivity index (χ2n) is 6.23. The molecule has 3 rings (SSSR count). The predicted octanol–water partition coefficient (Wildman–Crippen LogP) is 1.43. The van der Waals surface area contributed by atoms with Gasteiger partial charge in [-0.25, -0.2) is 0 Å². The van der Waals surface area contributed by atoms with Crippen molar-refractivity contribution in [3.63, 3.8) is 0 Å². The fraction of sp³-hybridized carbons (Fsp3) is 0.667. The summed E-state index contributed by atoms with van der Waals surface area (Å²) >= 11 is 0. The van der Waals surface area contributed by atoms with E-state index in [0.29, 0.717) is 38.6 Å². The lowest BCUT2D eigenvalue weighted by molar-refractivity contribution is 0.220. The van der Waals surface area contributed by atoms with Gasteiger partial charge in [0.1, 0.15) is 0 Å². The zero-order valence-electron chi connectivity index (χ0n) is 13.4. The summed E-state index contributed by atoms with van der Waals surface area (Å²) in [6, 6.07) is 3.63. The van der Waals surface area contributed by atoms with Crippen molar-refractivity contribution in [1.29, 1.82) is 0 Å². The topological polar surface area (TPSA) is 65.5 Å². The van der Waals surface area contributed by atoms with Crippen LogP contribution in [0.4, 0.5) is 0 Å². The number of piperidine rings is 1. The van der Waals surface area contributed by atoms with Crippen LogP contribution in [0.15, 0.2) is 24.5 Å². The summed E-state index contributed by atoms with van der Waals surface area (Å²) in [5, 5.41) is 3.29. The van der Waals surface area contributed by atoms with E-state index in [4.69, 9.17) is 0 Å². The van der Waals surface area contributed by atoms with E-state index in [-0.39, 0.29) is 18.4 Å². The number of hydrogen-bond acceptors (Lipinski definition) is 4. The van der Waals surface area contributed by atoms with Gasteiger partial charge in [-0.3, -0.25) is 4.98 Å². The molecule has 0 aromatic carbocycles. The highest BCUT2D eigenvalue weighted by Gasteiger charge is 2.38. The first-order chi connectivity index (χ1) is 10.6. The van der Waals surface area contributed by atoms with Crippen LogP contribution >= 0.6 is 12.4 Å². The second-order valence-corrected chi connectivity index (χ2v) is 8.11. The van der Waals surface area contributed by atoms with Crippen molar-refractivity contribution >= 4 is 22.6 Å². The molecule has 23 heavy (non-hydrogen) atoms. The molecule has 2 aliphatic heterocycles. The number of piperazine rings is 1. The van der Waals surface area contributed by atoms with Crippen LogP contribution < -0.4 is 5.32 Å². The normalized spacial score (nSPS) is 27.3. The lowest BCUT2D eigenvalue weighted by Gasteiger charge is -2.40. The van der Waals surface area contributed by atoms with E-state index in [1.807, 2.05) is 12.1 Å². The van der Waals surface area contributed by atoms with Crippen LogP contribution in [0.5, 0.6) is 0 Å². The molecule has 0 spiro atoms. The van der Waals surface area contributed by atoms with Crippen LogP contribution in [0.3, 0.4) is 0 Å². The molecule has 130 valence electrons. The number of hydrogen-bond donors (Lipinski definition) is 1. The molecule has 2 aliphatic rings. The van der Waals surface area contributed by atoms with E-state index >= 15 is 0 Å². The summed E-state index contributed by atoms with van der Waals surface area (Å²) in [4.78, 5) is 4.14. The van der Waals surface area contributed by atoms with Crippen LogP contribution in [0.2, 0.25) is 0 Å². The third-order valence-corrected chi connectivity index (χ3v) is 6.52. The summed E-state index contributed by atoms with van der Waals surface area (Å²) in [6.07, 6.45) is 5.54. The molecule has 2 atom stereocenters. The molecule has 0 aliphatic carbocycles. The van der Waals surface area contributed by atoms with Gasteiger partial charge in [0.25, 0.3) is 10.2 Å². The smallest absolute Gasteiger partial charge is 0.282 e. The number of halogens is 1. The minimum atomic E-state index is -3.42. The number of nitrogens with zero attached hydrogens (tertiary/aromatic N) is 3. The summed E-state index contributed by atoms with van der Waals surface area (Å²) < 4.78 is 29.5. The molecule has 3 heterocycles. The van der Waals surface area contributed by atoms with Crippen molar-refractivity contribution in [2.45, 2.75) is 25.8 Å². The van der Waals surface area contributed by atoms with Crippen LogP contribution in [-0.2, 0) is 10.2 Å². The Balaban J connectivity index is 0.00000192. The molecule has 2 saturated heterocycles. The van der Waals surface area contributed by atoms with E-state index in [1.165, 1.54) is 0 Å². The SMILES string of the molecule is CC1CCCN(S(=O)(=O)N2CCNCC2c2cccnc2)C1.Cl. The molecular weight excluding hydrogens is 336 g/mol. The Hall–Kier alpha value is -0.730. The lowest BCUT2D eigenvalue weighted by Crippen LogP contribution is -2.54. The van der Waals surface area contributed by atoms with Crippen molar-refractivity contribution in [2.75, 3.05) is 32.7 Å². The van der Waals surface area contributed by atoms with E-state index in [1.54, 1.807) is 21.0 Å². The summed E-state index contributed by atoms with van der Waals surface area (Å²) in [5.74, 6) is 0.434. The van der Waals surface area contributed by atoms with Crippen molar-refractivity contribution in [3.05, 3.63) is 30.1 Å². The van der Waals surface area contributed by atoms with Crippen molar-refractivity contribution in [2.24, 2.45) is 5.92 Å². The highest BCUT2D eigenvalue weighted by atomic mass is 35.5. The van der Waals surface area contributed by atoms with Crippen molar-refractivity contribution in [1.82, 2.24) is 18.9 Å². The average Bonchev–Trinajstić information content (AvgIpc) is 2.56. The van der Waals surface area contributed by atoms with Gasteiger partial charge < -0.3 is 5.32 Å². The first-order valence-corrected chi connectivity index (χ1v) is 9.36. The van der Waals surface area contributed by atoms with Crippen LogP contribution in [0, 0.1) is 5.92 Å². The van der Waals surface area contributed by atoms with Crippen molar-refractivity contribution in [3.8, 4) is 0 Å². The highest BCUT2D eigenvalue weighted by Crippen LogP contribution is 2.28. The summed E-state index contributed by atoms with van der Waals surface area (Å²) in [6.45, 7) is 5.22. The molecule has 1 N–H and O–H groups in total. The Morgan fingerprint density at radius 2 is 2.17 bits per heavy atom. The Morgan fingerprint density at radius 3 is 2.87 bits per heavy atom. The maximum absolute atomic E-state index is 13.1. The maximum Gasteiger partial charge on any atom is 0.282 e. The molecule has 0 saturated carbocycles. The van der Waals surface area contributed by atoms with Gasteiger partial charge in [-0.15, -0.1) is 12.4 Å². The maximum atomic E-state index is 13.1. The summed E-state index contributed by atoms with van der Waals surface area (Å²) in [7, 11) is -3.42. The first kappa shape index (κ1) is 18.6. The first-order valence-electron chi connectivity index (χ1n) is 7.96. The Bertz CT molecular complexity index is 599. The summed E-state index contributed by atoms with van der Waals surface area (Å²) in [5.41, 5.74) is 0.948. The van der Waals surface area contributed by atoms with Gasteiger partial charge >= 0.3 is 0 Å². The number of pyridine rings is 1. The number of rotatable bonds is 3. The van der Waals surface area contributed by atoms with Crippen LogP contribution in [0.25, 0.3) is 0 Å². The molecule has 0 amide bonds. The molecule has 1 aromatic rings. The molecule has 8 heteroatoms. The molecule has 2 unspecified atom stereocenters. The lowest BCUT2D eigenvalue weighted by atomic mass is 10.0. The monoisotopic (exact) mass is 360 g/mol. The molecular formula is C15H25ClN4O2S. The Labute approximate surface area is 144 Å². The van der Waals surface area contributed by atoms with Gasteiger partial charge in [-0.2, -0.15) is 17.0 Å². The molecule has 1 aromatic heterocycles. The van der Waals surface area contributed by atoms with Crippen LogP contribution in [0.1, 0.15) is 31.4 Å². The van der Waals surface area contributed by atoms with Crippen molar-refractivity contribution < 1.29 is 8.42 Å². The predicted molar refractivity (Wildman–Crippen MR) is 92.7 cm³/mol. The standard InChI is InChI=1S/C15H24N4O2S.ClH/c1-13-4-3-8-18(12-13)22(20,21)19-9-7-17-11-15(19)14-5-2-6-16-10-14;/h2,5-6,10,13,15,17H,3-4,7-9,11-12H2,1H3;1H. The van der Waals surface area contributed by atoms with Crippen LogP contribution in [-0.4, -0.2) is 54.7 Å². The van der Waals surface area contributed by atoms with Gasteiger partial charge in [0.05, 0.1) is 6.04 Å². The fourth-order valence-corrected chi connectivity index (χ4v) is 5.26. The minimum Gasteiger partial charge on any atom is -0.313 e. The number of aromatic nitrogens is 1. The van der Waals surface area contributed by atoms with E-state index in [0.717, 1.165) is 18.4 Å². The van der Waals surface area contributed by atoms with E-state index in [2.05, 4.69) is 17.2 Å². The van der Waals surface area contributed by atoms with E-state index in [9.17, 15) is 8.42 Å². The number of nitrogens with one attached hydrogen (secondary N) is 1. The third kappa shape index (κ3) is 4.03. The zero-order chi connectivity index (χ0) is 15.6. The average molecular weight is 361 g/mol. The van der Waals surface area contributed by atoms with Gasteiger partial charge in [0, 0.05) is 45.1 Å². The quantitative estimate of drug-likeness (QED) is 0.885. The van der Waals surface area contributed by atoms with Gasteiger partial charge in [-0.05, 0) is 30.4 Å².